The van der Waals surface area contributed by atoms with Crippen molar-refractivity contribution in [1.82, 2.24) is 0 Å². The SMILES string of the molecule is CC/C=C\C/C=C\C/C=C\C/C=C\C/C=C\CC(=O)OCC(COC1OC(C(=O)O)C(O)C(O)C1OC(=O)CCCCCCCC/C=C\C/C=C\C/C=C\C/C=C\CC)OC(=O)CCCCCCCCCCCCC. The molecular weight excluding hydrogens is 949 g/mol. The van der Waals surface area contributed by atoms with Crippen molar-refractivity contribution in [1.29, 1.82) is 0 Å². The van der Waals surface area contributed by atoms with E-state index in [0.717, 1.165) is 109 Å². The zero-order valence-electron chi connectivity index (χ0n) is 46.5. The molecule has 0 amide bonds. The van der Waals surface area contributed by atoms with Gasteiger partial charge in [0.25, 0.3) is 0 Å². The van der Waals surface area contributed by atoms with E-state index in [1.807, 2.05) is 12.2 Å². The lowest BCUT2D eigenvalue weighted by Gasteiger charge is -2.40. The van der Waals surface area contributed by atoms with E-state index in [1.165, 1.54) is 44.9 Å². The lowest BCUT2D eigenvalue weighted by molar-refractivity contribution is -0.301. The number of aliphatic carboxylic acids is 1. The first-order valence-electron chi connectivity index (χ1n) is 28.9. The topological polar surface area (TPSA) is 175 Å². The predicted molar refractivity (Wildman–Crippen MR) is 303 cm³/mol. The van der Waals surface area contributed by atoms with Gasteiger partial charge in [-0.1, -0.05) is 220 Å². The van der Waals surface area contributed by atoms with E-state index in [-0.39, 0.29) is 25.9 Å². The van der Waals surface area contributed by atoms with Crippen LogP contribution in [0.1, 0.15) is 213 Å². The summed E-state index contributed by atoms with van der Waals surface area (Å²) in [6.07, 6.45) is 55.2. The minimum atomic E-state index is -1.92. The number of carbonyl (C=O) groups is 4. The molecule has 0 aromatic rings. The highest BCUT2D eigenvalue weighted by atomic mass is 16.7. The molecule has 3 N–H and O–H groups in total. The van der Waals surface area contributed by atoms with Gasteiger partial charge in [0.1, 0.15) is 18.8 Å². The number of ether oxygens (including phenoxy) is 5. The summed E-state index contributed by atoms with van der Waals surface area (Å²) < 4.78 is 28.2. The molecule has 0 aromatic carbocycles. The van der Waals surface area contributed by atoms with Gasteiger partial charge >= 0.3 is 23.9 Å². The molecule has 0 bridgehead atoms. The Balaban J connectivity index is 2.73. The summed E-state index contributed by atoms with van der Waals surface area (Å²) in [6.45, 7) is 5.65. The average Bonchev–Trinajstić information content (AvgIpc) is 3.39. The number of hydrogen-bond acceptors (Lipinski definition) is 11. The van der Waals surface area contributed by atoms with Gasteiger partial charge in [-0.25, -0.2) is 4.79 Å². The van der Waals surface area contributed by atoms with E-state index in [4.69, 9.17) is 23.7 Å². The van der Waals surface area contributed by atoms with Gasteiger partial charge in [0, 0.05) is 12.8 Å². The van der Waals surface area contributed by atoms with Crippen LogP contribution in [-0.2, 0) is 42.9 Å². The molecule has 1 saturated heterocycles. The first-order chi connectivity index (χ1) is 36.6. The first kappa shape index (κ1) is 68.4. The van der Waals surface area contributed by atoms with Crippen molar-refractivity contribution in [2.45, 2.75) is 250 Å². The van der Waals surface area contributed by atoms with Crippen molar-refractivity contribution in [3.8, 4) is 0 Å². The largest absolute Gasteiger partial charge is 0.479 e. The molecule has 1 rings (SSSR count). The number of aliphatic hydroxyl groups excluding tert-OH is 2. The van der Waals surface area contributed by atoms with E-state index in [1.54, 1.807) is 6.08 Å². The fourth-order valence-corrected chi connectivity index (χ4v) is 8.02. The summed E-state index contributed by atoms with van der Waals surface area (Å²) >= 11 is 0. The number of aliphatic hydroxyl groups is 2. The molecule has 1 heterocycles. The van der Waals surface area contributed by atoms with E-state index in [0.29, 0.717) is 19.3 Å². The van der Waals surface area contributed by atoms with Crippen LogP contribution in [0.15, 0.2) is 109 Å². The summed E-state index contributed by atoms with van der Waals surface area (Å²) in [5, 5.41) is 31.5. The lowest BCUT2D eigenvalue weighted by Crippen LogP contribution is -2.61. The molecule has 1 aliphatic rings. The molecule has 1 fully saturated rings. The highest BCUT2D eigenvalue weighted by Gasteiger charge is 2.50. The normalized spacial score (nSPS) is 19.0. The van der Waals surface area contributed by atoms with E-state index >= 15 is 0 Å². The molecule has 0 spiro atoms. The average molecular weight is 1050 g/mol. The van der Waals surface area contributed by atoms with Crippen LogP contribution in [-0.4, -0.2) is 89.2 Å². The molecule has 424 valence electrons. The number of esters is 3. The molecule has 6 atom stereocenters. The van der Waals surface area contributed by atoms with Crippen LogP contribution in [0.5, 0.6) is 0 Å². The van der Waals surface area contributed by atoms with Gasteiger partial charge in [0.2, 0.25) is 0 Å². The number of allylic oxidation sites excluding steroid dienone is 17. The first-order valence-corrected chi connectivity index (χ1v) is 28.9. The molecule has 0 saturated carbocycles. The second-order valence-electron chi connectivity index (χ2n) is 19.2. The van der Waals surface area contributed by atoms with Crippen molar-refractivity contribution >= 4 is 23.9 Å². The Hall–Kier alpha value is -4.62. The van der Waals surface area contributed by atoms with Gasteiger partial charge in [-0.05, 0) is 83.5 Å². The van der Waals surface area contributed by atoms with Gasteiger partial charge < -0.3 is 39.0 Å². The third kappa shape index (κ3) is 40.3. The Morgan fingerprint density at radius 2 is 0.880 bits per heavy atom. The van der Waals surface area contributed by atoms with Crippen LogP contribution in [0.4, 0.5) is 0 Å². The molecular formula is C63H100O12. The molecule has 12 nitrogen and oxygen atoms in total. The Morgan fingerprint density at radius 3 is 1.35 bits per heavy atom. The molecule has 6 unspecified atom stereocenters. The van der Waals surface area contributed by atoms with Crippen molar-refractivity contribution < 1.29 is 58.2 Å². The van der Waals surface area contributed by atoms with Gasteiger partial charge in [-0.15, -0.1) is 0 Å². The standard InChI is InChI=1S/C63H100O12/c1-4-7-10-13-16-19-22-24-26-27-28-29-31-33-36-39-42-45-48-51-57(66)74-61-59(68)58(67)60(62(69)70)75-63(61)72-53-54(73-56(65)50-47-44-41-38-34-21-18-15-12-9-6-3)52-71-55(64)49-46-43-40-37-35-32-30-25-23-20-17-14-11-8-5-2/h7-8,10-11,16-17,19-20,24-26,28-30,35,37,43,46,54,58-61,63,67-68H,4-6,9,12-15,18,21-23,27,31-34,36,38-42,44-45,47-53H2,1-3H3,(H,69,70)/b10-7-,11-8-,19-16-,20-17-,26-24-,29-28-,30-25-,37-35-,46-43-. The number of carbonyl (C=O) groups excluding carboxylic acids is 3. The van der Waals surface area contributed by atoms with Crippen molar-refractivity contribution in [3.05, 3.63) is 109 Å². The highest BCUT2D eigenvalue weighted by Crippen LogP contribution is 2.26. The third-order valence-corrected chi connectivity index (χ3v) is 12.4. The van der Waals surface area contributed by atoms with Crippen LogP contribution in [0, 0.1) is 0 Å². The minimum absolute atomic E-state index is 0.0192. The highest BCUT2D eigenvalue weighted by molar-refractivity contribution is 5.74. The van der Waals surface area contributed by atoms with Crippen LogP contribution in [0.3, 0.4) is 0 Å². The second-order valence-corrected chi connectivity index (χ2v) is 19.2. The number of hydrogen-bond donors (Lipinski definition) is 3. The molecule has 0 aliphatic carbocycles. The molecule has 75 heavy (non-hydrogen) atoms. The minimum Gasteiger partial charge on any atom is -0.479 e. The van der Waals surface area contributed by atoms with Crippen LogP contribution >= 0.6 is 0 Å². The Bertz CT molecular complexity index is 1720. The van der Waals surface area contributed by atoms with E-state index in [9.17, 15) is 34.5 Å². The maximum atomic E-state index is 13.1. The number of carboxylic acid groups (broad SMARTS) is 1. The van der Waals surface area contributed by atoms with Gasteiger partial charge in [0.15, 0.2) is 24.6 Å². The summed E-state index contributed by atoms with van der Waals surface area (Å²) in [7, 11) is 0. The summed E-state index contributed by atoms with van der Waals surface area (Å²) in [6, 6.07) is 0. The summed E-state index contributed by atoms with van der Waals surface area (Å²) in [5.41, 5.74) is 0. The molecule has 12 heteroatoms. The monoisotopic (exact) mass is 1050 g/mol. The van der Waals surface area contributed by atoms with E-state index < -0.39 is 67.3 Å². The quantitative estimate of drug-likeness (QED) is 0.0228. The maximum Gasteiger partial charge on any atom is 0.335 e. The summed E-state index contributed by atoms with van der Waals surface area (Å²) in [4.78, 5) is 51.0. The fraction of sp³-hybridized carbons (Fsp3) is 0.651. The lowest BCUT2D eigenvalue weighted by atomic mass is 9.98. The Labute approximate surface area is 453 Å². The second kappa shape index (κ2) is 50.2. The van der Waals surface area contributed by atoms with Crippen LogP contribution in [0.2, 0.25) is 0 Å². The number of rotatable bonds is 47. The van der Waals surface area contributed by atoms with Crippen molar-refractivity contribution in [2.75, 3.05) is 13.2 Å². The smallest absolute Gasteiger partial charge is 0.335 e. The third-order valence-electron chi connectivity index (χ3n) is 12.4. The zero-order chi connectivity index (χ0) is 54.7. The molecule has 1 aliphatic heterocycles. The van der Waals surface area contributed by atoms with Gasteiger partial charge in [-0.2, -0.15) is 0 Å². The maximum absolute atomic E-state index is 13.1. The zero-order valence-corrected chi connectivity index (χ0v) is 46.5. The van der Waals surface area contributed by atoms with Crippen LogP contribution in [0.25, 0.3) is 0 Å². The van der Waals surface area contributed by atoms with Crippen molar-refractivity contribution in [2.24, 2.45) is 0 Å². The Kier molecular flexibility index (Phi) is 45.8. The van der Waals surface area contributed by atoms with Crippen molar-refractivity contribution in [3.63, 3.8) is 0 Å². The summed E-state index contributed by atoms with van der Waals surface area (Å²) in [5.74, 6) is -3.31. The Morgan fingerprint density at radius 1 is 0.467 bits per heavy atom. The van der Waals surface area contributed by atoms with Gasteiger partial charge in [-0.3, -0.25) is 14.4 Å². The molecule has 0 radical (unpaired) electrons. The van der Waals surface area contributed by atoms with Crippen LogP contribution < -0.4 is 0 Å². The van der Waals surface area contributed by atoms with Gasteiger partial charge in [0.05, 0.1) is 13.0 Å². The number of unbranched alkanes of at least 4 members (excludes halogenated alkanes) is 16. The molecule has 0 aromatic heterocycles. The fourth-order valence-electron chi connectivity index (χ4n) is 8.02. The predicted octanol–water partition coefficient (Wildman–Crippen LogP) is 14.7. The van der Waals surface area contributed by atoms with E-state index in [2.05, 4.69) is 112 Å². The number of carboxylic acids is 1.